The van der Waals surface area contributed by atoms with Crippen molar-refractivity contribution >= 4 is 37.7 Å². The first-order chi connectivity index (χ1) is 1.00. The molecule has 0 fully saturated rings. The van der Waals surface area contributed by atoms with Gasteiger partial charge in [0.1, 0.15) is 0 Å². The topological polar surface area (TPSA) is 17.1 Å². The van der Waals surface area contributed by atoms with E-state index in [2.05, 4.69) is 0 Å². The third-order valence-corrected chi connectivity index (χ3v) is 0. The Kier molecular flexibility index (Phi) is 174. The normalized spacial score (nSPS) is 0.600. The summed E-state index contributed by atoms with van der Waals surface area (Å²) >= 11 is 0.750. The Bertz CT molecular complexity index is 9.61. The van der Waals surface area contributed by atoms with Gasteiger partial charge < -0.3 is 24.8 Å². The van der Waals surface area contributed by atoms with Crippen molar-refractivity contribution in [1.82, 2.24) is 0 Å². The number of hydrogen-bond donors (Lipinski definition) is 0. The second kappa shape index (κ2) is 32.9. The van der Waals surface area contributed by atoms with Crippen LogP contribution in [0.15, 0.2) is 0 Å². The zero-order valence-electron chi connectivity index (χ0n) is 2.37. The van der Waals surface area contributed by atoms with Crippen LogP contribution in [-0.2, 0) is 23.7 Å². The van der Waals surface area contributed by atoms with Crippen LogP contribution in [0.1, 0.15) is 0 Å². The fraction of sp³-hybridized carbons (Fsp3) is 0. The maximum atomic E-state index is 8.25. The SMILES string of the molecule is [Ca+2].[Cl-].[Cl-].[O]=[Ti]. The standard InChI is InChI=1S/Ca.2ClH.O.Ti/h;2*1H;;/q+2;;;;/p-2. The molecule has 0 aliphatic rings. The summed E-state index contributed by atoms with van der Waals surface area (Å²) in [6.07, 6.45) is 0. The molecule has 5 heteroatoms. The molecular formula is CaCl2OTi. The molecule has 1 nitrogen and oxygen atoms in total. The molecule has 0 radical (unpaired) electrons. The molecule has 0 spiro atoms. The van der Waals surface area contributed by atoms with E-state index in [-0.39, 0.29) is 62.6 Å². The van der Waals surface area contributed by atoms with Gasteiger partial charge in [-0.1, -0.05) is 0 Å². The van der Waals surface area contributed by atoms with Gasteiger partial charge in [-0.15, -0.1) is 0 Å². The van der Waals surface area contributed by atoms with E-state index in [1.807, 2.05) is 0 Å². The Morgan fingerprint density at radius 1 is 1.00 bits per heavy atom. The van der Waals surface area contributed by atoms with Crippen LogP contribution >= 0.6 is 0 Å². The van der Waals surface area contributed by atoms with Crippen molar-refractivity contribution in [2.75, 3.05) is 0 Å². The van der Waals surface area contributed by atoms with Crippen LogP contribution < -0.4 is 24.8 Å². The van der Waals surface area contributed by atoms with Crippen molar-refractivity contribution in [3.8, 4) is 0 Å². The molecule has 0 amide bonds. The zero-order valence-corrected chi connectivity index (χ0v) is 7.65. The second-order valence-electron chi connectivity index (χ2n) is 0. The van der Waals surface area contributed by atoms with Gasteiger partial charge in [-0.3, -0.25) is 0 Å². The summed E-state index contributed by atoms with van der Waals surface area (Å²) in [6.45, 7) is 0. The van der Waals surface area contributed by atoms with Crippen LogP contribution in [0, 0.1) is 0 Å². The van der Waals surface area contributed by atoms with E-state index in [1.54, 1.807) is 0 Å². The van der Waals surface area contributed by atoms with E-state index < -0.39 is 0 Å². The predicted octanol–water partition coefficient (Wildman–Crippen LogP) is -6.49. The van der Waals surface area contributed by atoms with Gasteiger partial charge >= 0.3 is 61.5 Å². The average molecular weight is 175 g/mol. The first kappa shape index (κ1) is 26.4. The van der Waals surface area contributed by atoms with Crippen LogP contribution in [0.5, 0.6) is 0 Å². The molecule has 0 aromatic rings. The number of hydrogen-bond acceptors (Lipinski definition) is 1. The average Bonchev–Trinajstić information content (AvgIpc) is 1.00. The van der Waals surface area contributed by atoms with Crippen molar-refractivity contribution < 1.29 is 48.5 Å². The molecule has 0 aliphatic carbocycles. The van der Waals surface area contributed by atoms with Gasteiger partial charge in [0.15, 0.2) is 0 Å². The molecule has 0 N–H and O–H groups in total. The minimum absolute atomic E-state index is 0. The maximum absolute atomic E-state index is 8.25. The summed E-state index contributed by atoms with van der Waals surface area (Å²) in [5.41, 5.74) is 0. The molecule has 26 valence electrons. The van der Waals surface area contributed by atoms with Crippen molar-refractivity contribution in [3.63, 3.8) is 0 Å². The fourth-order valence-corrected chi connectivity index (χ4v) is 0. The Morgan fingerprint density at radius 3 is 1.00 bits per heavy atom. The van der Waals surface area contributed by atoms with E-state index in [0.29, 0.717) is 0 Å². The third-order valence-electron chi connectivity index (χ3n) is 0. The molecule has 0 saturated carbocycles. The van der Waals surface area contributed by atoms with Gasteiger partial charge in [0.25, 0.3) is 0 Å². The van der Waals surface area contributed by atoms with Gasteiger partial charge in [-0.2, -0.15) is 0 Å². The van der Waals surface area contributed by atoms with Crippen molar-refractivity contribution in [2.45, 2.75) is 0 Å². The summed E-state index contributed by atoms with van der Waals surface area (Å²) < 4.78 is 8.25. The number of halogens is 2. The Morgan fingerprint density at radius 2 is 1.00 bits per heavy atom. The Hall–Kier alpha value is 2.35. The molecule has 0 heterocycles. The Balaban J connectivity index is -0.00000000167. The molecule has 0 bridgehead atoms. The molecule has 5 heavy (non-hydrogen) atoms. The van der Waals surface area contributed by atoms with E-state index in [4.69, 9.17) is 3.32 Å². The molecule has 0 atom stereocenters. The van der Waals surface area contributed by atoms with Crippen LogP contribution in [-0.4, -0.2) is 37.7 Å². The molecule has 0 unspecified atom stereocenters. The first-order valence-corrected chi connectivity index (χ1v) is 0.842. The molecule has 0 aliphatic heterocycles. The van der Waals surface area contributed by atoms with E-state index >= 15 is 0 Å². The van der Waals surface area contributed by atoms with E-state index in [0.717, 1.165) is 20.4 Å². The first-order valence-electron chi connectivity index (χ1n) is 0.204. The molecule has 0 rings (SSSR count). The summed E-state index contributed by atoms with van der Waals surface area (Å²) in [5.74, 6) is 0. The van der Waals surface area contributed by atoms with Crippen molar-refractivity contribution in [2.24, 2.45) is 0 Å². The summed E-state index contributed by atoms with van der Waals surface area (Å²) in [4.78, 5) is 0. The van der Waals surface area contributed by atoms with Gasteiger partial charge in [0, 0.05) is 0 Å². The molecule has 0 aromatic heterocycles. The van der Waals surface area contributed by atoms with Crippen molar-refractivity contribution in [3.05, 3.63) is 0 Å². The van der Waals surface area contributed by atoms with Crippen LogP contribution in [0.2, 0.25) is 0 Å². The summed E-state index contributed by atoms with van der Waals surface area (Å²) in [6, 6.07) is 0. The quantitative estimate of drug-likeness (QED) is 0.334. The molecule has 0 aromatic carbocycles. The van der Waals surface area contributed by atoms with Crippen LogP contribution in [0.4, 0.5) is 0 Å². The summed E-state index contributed by atoms with van der Waals surface area (Å²) in [5, 5.41) is 0. The van der Waals surface area contributed by atoms with Crippen molar-refractivity contribution in [1.29, 1.82) is 0 Å². The van der Waals surface area contributed by atoms with Gasteiger partial charge in [0.2, 0.25) is 0 Å². The minimum atomic E-state index is 0. The zero-order chi connectivity index (χ0) is 2.00. The molecular weight excluding hydrogens is 175 g/mol. The van der Waals surface area contributed by atoms with Gasteiger partial charge in [0.05, 0.1) is 0 Å². The monoisotopic (exact) mass is 174 g/mol. The van der Waals surface area contributed by atoms with Crippen LogP contribution in [0.3, 0.4) is 0 Å². The fourth-order valence-electron chi connectivity index (χ4n) is 0. The van der Waals surface area contributed by atoms with E-state index in [9.17, 15) is 0 Å². The predicted molar refractivity (Wildman–Crippen MR) is 6.44 cm³/mol. The van der Waals surface area contributed by atoms with Gasteiger partial charge in [-0.05, 0) is 0 Å². The third kappa shape index (κ3) is 21.7. The number of rotatable bonds is 0. The molecule has 0 saturated heterocycles. The van der Waals surface area contributed by atoms with Crippen LogP contribution in [0.25, 0.3) is 0 Å². The van der Waals surface area contributed by atoms with E-state index in [1.165, 1.54) is 0 Å². The summed E-state index contributed by atoms with van der Waals surface area (Å²) in [7, 11) is 0. The Labute approximate surface area is 84.8 Å². The van der Waals surface area contributed by atoms with Gasteiger partial charge in [-0.25, -0.2) is 0 Å². The second-order valence-corrected chi connectivity index (χ2v) is 0.